The molecule has 0 spiro atoms. The zero-order valence-corrected chi connectivity index (χ0v) is 30.7. The van der Waals surface area contributed by atoms with Crippen molar-refractivity contribution in [2.24, 2.45) is 0 Å². The number of rotatable bonds is 10. The molecule has 4 aromatic carbocycles. The van der Waals surface area contributed by atoms with Gasteiger partial charge in [0.15, 0.2) is 0 Å². The molecule has 2 atom stereocenters. The van der Waals surface area contributed by atoms with E-state index in [0.29, 0.717) is 19.1 Å². The highest BCUT2D eigenvalue weighted by atomic mass is 32.1. The third-order valence-corrected chi connectivity index (χ3v) is 9.89. The van der Waals surface area contributed by atoms with Crippen molar-refractivity contribution in [2.45, 2.75) is 52.6 Å². The Morgan fingerprint density at radius 2 is 1.36 bits per heavy atom. The van der Waals surface area contributed by atoms with E-state index in [1.807, 2.05) is 70.2 Å². The summed E-state index contributed by atoms with van der Waals surface area (Å²) in [5.74, 6) is 1.94. The molecule has 2 heterocycles. The molecule has 256 valence electrons. The van der Waals surface area contributed by atoms with Gasteiger partial charge >= 0.3 is 0 Å². The minimum atomic E-state index is -0.523. The molecule has 0 saturated heterocycles. The zero-order valence-electron chi connectivity index (χ0n) is 29.9. The van der Waals surface area contributed by atoms with Crippen LogP contribution in [-0.4, -0.2) is 11.6 Å². The molecule has 7 rings (SSSR count). The van der Waals surface area contributed by atoms with E-state index in [1.54, 1.807) is 11.3 Å². The summed E-state index contributed by atoms with van der Waals surface area (Å²) in [5, 5.41) is 3.24. The van der Waals surface area contributed by atoms with Crippen LogP contribution in [0.25, 0.3) is 16.5 Å². The van der Waals surface area contributed by atoms with Gasteiger partial charge in [0, 0.05) is 17.6 Å². The van der Waals surface area contributed by atoms with Crippen molar-refractivity contribution >= 4 is 27.8 Å². The molecule has 0 saturated carbocycles. The van der Waals surface area contributed by atoms with E-state index >= 15 is 0 Å². The third kappa shape index (κ3) is 7.51. The molecule has 2 aromatic heterocycles. The Labute approximate surface area is 303 Å². The lowest BCUT2D eigenvalue weighted by Crippen LogP contribution is -2.25. The summed E-state index contributed by atoms with van der Waals surface area (Å²) in [5.41, 5.74) is 8.27. The summed E-state index contributed by atoms with van der Waals surface area (Å²) in [6.45, 7) is 19.8. The van der Waals surface area contributed by atoms with E-state index in [1.165, 1.54) is 16.0 Å². The van der Waals surface area contributed by atoms with Crippen molar-refractivity contribution in [1.29, 1.82) is 0 Å². The van der Waals surface area contributed by atoms with Crippen LogP contribution < -0.4 is 9.47 Å². The predicted molar refractivity (Wildman–Crippen MR) is 216 cm³/mol. The number of hydrogen-bond acceptors (Lipinski definition) is 4. The fourth-order valence-corrected chi connectivity index (χ4v) is 7.36. The normalized spacial score (nSPS) is 14.5. The molecule has 0 aliphatic heterocycles. The van der Waals surface area contributed by atoms with E-state index in [4.69, 9.17) is 14.5 Å². The van der Waals surface area contributed by atoms with Crippen molar-refractivity contribution < 1.29 is 10.9 Å². The summed E-state index contributed by atoms with van der Waals surface area (Å²) in [7, 11) is 0. The molecule has 0 bridgehead atoms. The topological polar surface area (TPSA) is 31.4 Å². The molecule has 0 N–H and O–H groups in total. The van der Waals surface area contributed by atoms with Crippen molar-refractivity contribution in [3.63, 3.8) is 0 Å². The van der Waals surface area contributed by atoms with Crippen molar-refractivity contribution in [3.8, 4) is 11.5 Å². The average molecular weight is 680 g/mol. The van der Waals surface area contributed by atoms with Crippen molar-refractivity contribution in [2.75, 3.05) is 6.61 Å². The van der Waals surface area contributed by atoms with Crippen LogP contribution in [0.2, 0.25) is 0 Å². The number of ether oxygens (including phenoxy) is 2. The van der Waals surface area contributed by atoms with Crippen LogP contribution in [0.15, 0.2) is 158 Å². The second-order valence-electron chi connectivity index (χ2n) is 11.7. The summed E-state index contributed by atoms with van der Waals surface area (Å²) < 4.78 is 12.5. The maximum Gasteiger partial charge on any atom is 0.130 e. The molecule has 50 heavy (non-hydrogen) atoms. The molecule has 1 aliphatic carbocycles. The number of para-hydroxylation sites is 1. The Bertz CT molecular complexity index is 2050. The number of allylic oxidation sites excluding steroid dienone is 2. The molecular weight excluding hydrogens is 631 g/mol. The number of pyridine rings is 1. The van der Waals surface area contributed by atoms with Crippen LogP contribution in [0.5, 0.6) is 11.5 Å². The number of benzene rings is 4. The molecule has 1 aliphatic rings. The van der Waals surface area contributed by atoms with Gasteiger partial charge in [-0.05, 0) is 81.2 Å². The fourth-order valence-electron chi connectivity index (χ4n) is 6.39. The lowest BCUT2D eigenvalue weighted by atomic mass is 9.73. The molecule has 0 radical (unpaired) electrons. The van der Waals surface area contributed by atoms with Gasteiger partial charge in [-0.2, -0.15) is 0 Å². The van der Waals surface area contributed by atoms with Gasteiger partial charge < -0.3 is 9.47 Å². The van der Waals surface area contributed by atoms with Crippen molar-refractivity contribution in [3.05, 3.63) is 190 Å². The highest BCUT2D eigenvalue weighted by Gasteiger charge is 2.34. The summed E-state index contributed by atoms with van der Waals surface area (Å²) in [4.78, 5) is 5.94. The number of aromatic nitrogens is 1. The molecular formula is C46H49NO2S. The van der Waals surface area contributed by atoms with Gasteiger partial charge in [-0.25, -0.2) is 4.98 Å². The van der Waals surface area contributed by atoms with Crippen LogP contribution in [0.1, 0.15) is 74.8 Å². The first-order valence-corrected chi connectivity index (χ1v) is 18.4. The van der Waals surface area contributed by atoms with E-state index in [2.05, 4.69) is 116 Å². The quantitative estimate of drug-likeness (QED) is 0.135. The SMILES string of the molecule is C=CC(c1ccc(OCC2=CC(C)c3ccccc3C2=C)cc1)(c1ccc(OCc2ccc3ccccc3n2)cc1)c1cccs1.CC.CC.[HH]. The Kier molecular flexibility index (Phi) is 12.2. The number of nitrogens with zero attached hydrogens (tertiary/aromatic N) is 1. The van der Waals surface area contributed by atoms with Gasteiger partial charge in [-0.1, -0.05) is 132 Å². The minimum absolute atomic E-state index is 0. The fraction of sp³-hybridized carbons (Fsp3) is 0.196. The standard InChI is InChI=1S/C42H35NO2S.2C2H6.H2/c1-4-42(41-14-9-25-46-41,34-18-23-37(24-19-34)45-28-35-20-15-31-10-5-8-13-40(31)43-35)33-16-21-36(22-17-33)44-27-32-26-29(2)38-11-6-7-12-39(38)30(32)3;2*1-2;/h4-26,29H,1,3,27-28H2,2H3;2*1-2H3;1H. The van der Waals surface area contributed by atoms with Gasteiger partial charge in [-0.15, -0.1) is 17.9 Å². The highest BCUT2D eigenvalue weighted by Crippen LogP contribution is 2.43. The Balaban J connectivity index is 0.00000113. The maximum absolute atomic E-state index is 6.31. The smallest absolute Gasteiger partial charge is 0.130 e. The summed E-state index contributed by atoms with van der Waals surface area (Å²) >= 11 is 1.73. The van der Waals surface area contributed by atoms with Crippen LogP contribution in [-0.2, 0) is 12.0 Å². The second-order valence-corrected chi connectivity index (χ2v) is 12.6. The molecule has 0 amide bonds. The Morgan fingerprint density at radius 3 is 2.00 bits per heavy atom. The first-order valence-electron chi connectivity index (χ1n) is 17.5. The molecule has 4 heteroatoms. The van der Waals surface area contributed by atoms with Crippen LogP contribution in [0, 0.1) is 0 Å². The first-order chi connectivity index (χ1) is 24.5. The highest BCUT2D eigenvalue weighted by molar-refractivity contribution is 7.10. The van der Waals surface area contributed by atoms with E-state index in [0.717, 1.165) is 50.4 Å². The van der Waals surface area contributed by atoms with Gasteiger partial charge in [0.1, 0.15) is 24.7 Å². The molecule has 2 unspecified atom stereocenters. The van der Waals surface area contributed by atoms with Gasteiger partial charge in [0.25, 0.3) is 0 Å². The first kappa shape index (κ1) is 36.1. The average Bonchev–Trinajstić information content (AvgIpc) is 3.73. The van der Waals surface area contributed by atoms with Gasteiger partial charge in [0.2, 0.25) is 0 Å². The van der Waals surface area contributed by atoms with Crippen LogP contribution in [0.4, 0.5) is 0 Å². The second kappa shape index (κ2) is 17.0. The Hall–Kier alpha value is -5.19. The zero-order chi connectivity index (χ0) is 35.5. The predicted octanol–water partition coefficient (Wildman–Crippen LogP) is 12.8. The van der Waals surface area contributed by atoms with E-state index < -0.39 is 5.41 Å². The van der Waals surface area contributed by atoms with E-state index in [-0.39, 0.29) is 1.43 Å². The largest absolute Gasteiger partial charge is 0.489 e. The monoisotopic (exact) mass is 679 g/mol. The Morgan fingerprint density at radius 1 is 0.740 bits per heavy atom. The lowest BCUT2D eigenvalue weighted by Gasteiger charge is -2.31. The maximum atomic E-state index is 6.31. The number of fused-ring (bicyclic) bond motifs is 2. The molecule has 6 aromatic rings. The third-order valence-electron chi connectivity index (χ3n) is 8.89. The summed E-state index contributed by atoms with van der Waals surface area (Å²) in [6.07, 6.45) is 4.31. The van der Waals surface area contributed by atoms with Gasteiger partial charge in [-0.3, -0.25) is 0 Å². The minimum Gasteiger partial charge on any atom is -0.489 e. The van der Waals surface area contributed by atoms with Crippen LogP contribution >= 0.6 is 11.3 Å². The number of thiophene rings is 1. The van der Waals surface area contributed by atoms with Gasteiger partial charge in [0.05, 0.1) is 16.6 Å². The number of hydrogen-bond donors (Lipinski definition) is 0. The van der Waals surface area contributed by atoms with Crippen LogP contribution in [0.3, 0.4) is 0 Å². The van der Waals surface area contributed by atoms with Crippen molar-refractivity contribution in [1.82, 2.24) is 4.98 Å². The molecule has 0 fully saturated rings. The molecule has 3 nitrogen and oxygen atoms in total. The lowest BCUT2D eigenvalue weighted by molar-refractivity contribution is 0.301. The summed E-state index contributed by atoms with van der Waals surface area (Å²) in [6, 6.07) is 41.7. The van der Waals surface area contributed by atoms with E-state index in [9.17, 15) is 0 Å².